The molecule has 0 saturated carbocycles. The van der Waals surface area contributed by atoms with Gasteiger partial charge in [-0.05, 0) is 39.8 Å². The molecule has 0 atom stereocenters. The van der Waals surface area contributed by atoms with E-state index in [0.29, 0.717) is 11.3 Å². The second kappa shape index (κ2) is 5.32. The van der Waals surface area contributed by atoms with Crippen molar-refractivity contribution in [1.82, 2.24) is 0 Å². The van der Waals surface area contributed by atoms with Crippen LogP contribution < -0.4 is 4.74 Å². The number of methoxy groups -OCH3 is 1. The van der Waals surface area contributed by atoms with Gasteiger partial charge in [-0.2, -0.15) is 0 Å². The average molecular weight is 236 g/mol. The minimum atomic E-state index is -0.313. The van der Waals surface area contributed by atoms with E-state index in [-0.39, 0.29) is 18.0 Å². The number of aryl methyl sites for hydroxylation is 1. The van der Waals surface area contributed by atoms with E-state index in [1.54, 1.807) is 13.2 Å². The Morgan fingerprint density at radius 2 is 1.94 bits per heavy atom. The molecule has 1 rings (SSSR count). The number of hydrogen-bond acceptors (Lipinski definition) is 3. The lowest BCUT2D eigenvalue weighted by molar-refractivity contribution is 0.00296. The fraction of sp³-hybridized carbons (Fsp3) is 0.500. The first-order valence-corrected chi connectivity index (χ1v) is 5.65. The summed E-state index contributed by atoms with van der Waals surface area (Å²) in [6.45, 7) is 7.79. The van der Waals surface area contributed by atoms with Crippen LogP contribution in [0.4, 0.5) is 0 Å². The zero-order chi connectivity index (χ0) is 13.1. The Labute approximate surface area is 103 Å². The molecule has 3 nitrogen and oxygen atoms in total. The second-order valence-corrected chi connectivity index (χ2v) is 5.03. The summed E-state index contributed by atoms with van der Waals surface area (Å²) in [4.78, 5) is 12.0. The van der Waals surface area contributed by atoms with Crippen molar-refractivity contribution in [2.24, 2.45) is 0 Å². The molecule has 0 bridgehead atoms. The number of carbonyl (C=O) groups excluding carboxylic acids is 1. The molecule has 0 aliphatic carbocycles. The smallest absolute Gasteiger partial charge is 0.192 e. The summed E-state index contributed by atoms with van der Waals surface area (Å²) in [5, 5.41) is 0. The topological polar surface area (TPSA) is 35.5 Å². The zero-order valence-electron chi connectivity index (χ0n) is 11.2. The summed E-state index contributed by atoms with van der Waals surface area (Å²) in [7, 11) is 1.56. The maximum Gasteiger partial charge on any atom is 0.192 e. The van der Waals surface area contributed by atoms with Crippen LogP contribution in [0.5, 0.6) is 5.75 Å². The van der Waals surface area contributed by atoms with Gasteiger partial charge in [0.15, 0.2) is 5.78 Å². The summed E-state index contributed by atoms with van der Waals surface area (Å²) >= 11 is 0. The van der Waals surface area contributed by atoms with Crippen LogP contribution in [0.2, 0.25) is 0 Å². The van der Waals surface area contributed by atoms with Gasteiger partial charge in [0.1, 0.15) is 12.4 Å². The number of ether oxygens (including phenoxy) is 2. The molecule has 3 heteroatoms. The highest BCUT2D eigenvalue weighted by atomic mass is 16.5. The highest BCUT2D eigenvalue weighted by Gasteiger charge is 2.17. The molecule has 0 heterocycles. The predicted molar refractivity (Wildman–Crippen MR) is 67.8 cm³/mol. The molecule has 0 aromatic heterocycles. The Morgan fingerprint density at radius 3 is 2.47 bits per heavy atom. The van der Waals surface area contributed by atoms with Crippen LogP contribution in [0.3, 0.4) is 0 Å². The van der Waals surface area contributed by atoms with Crippen LogP contribution in [-0.2, 0) is 4.74 Å². The SMILES string of the molecule is COc1ccc(C)cc1C(=O)COC(C)(C)C. The molecule has 1 aromatic carbocycles. The average Bonchev–Trinajstić information content (AvgIpc) is 2.25. The van der Waals surface area contributed by atoms with Crippen LogP contribution in [-0.4, -0.2) is 25.1 Å². The number of carbonyl (C=O) groups is 1. The Morgan fingerprint density at radius 1 is 1.29 bits per heavy atom. The molecular weight excluding hydrogens is 216 g/mol. The lowest BCUT2D eigenvalue weighted by Gasteiger charge is -2.19. The molecule has 1 aromatic rings. The van der Waals surface area contributed by atoms with E-state index >= 15 is 0 Å². The van der Waals surface area contributed by atoms with E-state index in [1.165, 1.54) is 0 Å². The molecular formula is C14H20O3. The second-order valence-electron chi connectivity index (χ2n) is 5.03. The molecule has 0 radical (unpaired) electrons. The standard InChI is InChI=1S/C14H20O3/c1-10-6-7-13(16-5)11(8-10)12(15)9-17-14(2,3)4/h6-8H,9H2,1-5H3. The number of benzene rings is 1. The zero-order valence-corrected chi connectivity index (χ0v) is 11.2. The molecule has 0 aliphatic rings. The number of hydrogen-bond donors (Lipinski definition) is 0. The van der Waals surface area contributed by atoms with Gasteiger partial charge in [0, 0.05) is 0 Å². The van der Waals surface area contributed by atoms with Gasteiger partial charge in [-0.3, -0.25) is 4.79 Å². The van der Waals surface area contributed by atoms with Crippen LogP contribution in [0.15, 0.2) is 18.2 Å². The summed E-state index contributed by atoms with van der Waals surface area (Å²) in [5.74, 6) is 0.540. The Bertz CT molecular complexity index is 402. The molecule has 94 valence electrons. The van der Waals surface area contributed by atoms with Crippen molar-refractivity contribution >= 4 is 5.78 Å². The third-order valence-corrected chi connectivity index (χ3v) is 2.29. The number of rotatable bonds is 4. The molecule has 0 unspecified atom stereocenters. The van der Waals surface area contributed by atoms with Crippen molar-refractivity contribution in [2.75, 3.05) is 13.7 Å². The molecule has 0 aliphatic heterocycles. The number of Topliss-reactive ketones (excluding diaryl/α,β-unsaturated/α-hetero) is 1. The van der Waals surface area contributed by atoms with Gasteiger partial charge in [0.25, 0.3) is 0 Å². The first-order valence-electron chi connectivity index (χ1n) is 5.65. The first-order chi connectivity index (χ1) is 7.83. The van der Waals surface area contributed by atoms with Gasteiger partial charge in [0.05, 0.1) is 18.3 Å². The molecule has 17 heavy (non-hydrogen) atoms. The van der Waals surface area contributed by atoms with E-state index < -0.39 is 0 Å². The molecule has 0 fully saturated rings. The van der Waals surface area contributed by atoms with Gasteiger partial charge in [-0.25, -0.2) is 0 Å². The van der Waals surface area contributed by atoms with Gasteiger partial charge < -0.3 is 9.47 Å². The molecule has 0 N–H and O–H groups in total. The van der Waals surface area contributed by atoms with Crippen molar-refractivity contribution in [3.05, 3.63) is 29.3 Å². The minimum Gasteiger partial charge on any atom is -0.496 e. The van der Waals surface area contributed by atoms with Crippen molar-refractivity contribution in [3.63, 3.8) is 0 Å². The van der Waals surface area contributed by atoms with Crippen molar-refractivity contribution in [2.45, 2.75) is 33.3 Å². The Balaban J connectivity index is 2.84. The number of ketones is 1. The van der Waals surface area contributed by atoms with Gasteiger partial charge >= 0.3 is 0 Å². The third kappa shape index (κ3) is 4.19. The minimum absolute atomic E-state index is 0.0551. The quantitative estimate of drug-likeness (QED) is 0.754. The lowest BCUT2D eigenvalue weighted by atomic mass is 10.1. The fourth-order valence-corrected chi connectivity index (χ4v) is 1.40. The predicted octanol–water partition coefficient (Wildman–Crippen LogP) is 3.00. The highest BCUT2D eigenvalue weighted by molar-refractivity contribution is 5.99. The maximum absolute atomic E-state index is 12.0. The van der Waals surface area contributed by atoms with Crippen molar-refractivity contribution in [1.29, 1.82) is 0 Å². The molecule has 0 amide bonds. The van der Waals surface area contributed by atoms with Gasteiger partial charge in [-0.15, -0.1) is 0 Å². The van der Waals surface area contributed by atoms with E-state index in [1.807, 2.05) is 39.8 Å². The van der Waals surface area contributed by atoms with Crippen LogP contribution in [0, 0.1) is 6.92 Å². The normalized spacial score (nSPS) is 11.4. The van der Waals surface area contributed by atoms with Crippen molar-refractivity contribution in [3.8, 4) is 5.75 Å². The monoisotopic (exact) mass is 236 g/mol. The Hall–Kier alpha value is -1.35. The van der Waals surface area contributed by atoms with Crippen LogP contribution in [0.25, 0.3) is 0 Å². The molecule has 0 saturated heterocycles. The first kappa shape index (κ1) is 13.7. The third-order valence-electron chi connectivity index (χ3n) is 2.29. The van der Waals surface area contributed by atoms with E-state index in [9.17, 15) is 4.79 Å². The Kier molecular flexibility index (Phi) is 4.29. The van der Waals surface area contributed by atoms with E-state index in [2.05, 4.69) is 0 Å². The maximum atomic E-state index is 12.0. The largest absolute Gasteiger partial charge is 0.496 e. The summed E-state index contributed by atoms with van der Waals surface area (Å²) < 4.78 is 10.7. The van der Waals surface area contributed by atoms with Gasteiger partial charge in [-0.1, -0.05) is 11.6 Å². The van der Waals surface area contributed by atoms with E-state index in [4.69, 9.17) is 9.47 Å². The lowest BCUT2D eigenvalue weighted by Crippen LogP contribution is -2.24. The van der Waals surface area contributed by atoms with Crippen molar-refractivity contribution < 1.29 is 14.3 Å². The fourth-order valence-electron chi connectivity index (χ4n) is 1.40. The van der Waals surface area contributed by atoms with Crippen LogP contribution >= 0.6 is 0 Å². The molecule has 0 spiro atoms. The summed E-state index contributed by atoms with van der Waals surface area (Å²) in [5.41, 5.74) is 1.30. The van der Waals surface area contributed by atoms with Crippen LogP contribution in [0.1, 0.15) is 36.7 Å². The van der Waals surface area contributed by atoms with E-state index in [0.717, 1.165) is 5.56 Å². The summed E-state index contributed by atoms with van der Waals surface area (Å²) in [6, 6.07) is 5.55. The van der Waals surface area contributed by atoms with Gasteiger partial charge in [0.2, 0.25) is 0 Å². The summed E-state index contributed by atoms with van der Waals surface area (Å²) in [6.07, 6.45) is 0. The highest BCUT2D eigenvalue weighted by Crippen LogP contribution is 2.21.